The zero-order chi connectivity index (χ0) is 32.4. The number of carbonyl (C=O) groups is 1. The minimum atomic E-state index is -4.39. The molecule has 0 amide bonds. The van der Waals surface area contributed by atoms with Gasteiger partial charge in [0.25, 0.3) is 0 Å². The summed E-state index contributed by atoms with van der Waals surface area (Å²) in [6.07, 6.45) is -4.39. The van der Waals surface area contributed by atoms with Gasteiger partial charge >= 0.3 is 12.1 Å². The number of hydrazine groups is 1. The third kappa shape index (κ3) is 7.67. The molecule has 0 radical (unpaired) electrons. The van der Waals surface area contributed by atoms with E-state index >= 15 is 0 Å². The Hall–Kier alpha value is -3.48. The summed E-state index contributed by atoms with van der Waals surface area (Å²) in [4.78, 5) is 15.9. The number of carboxylic acid groups (broad SMARTS) is 1. The predicted molar refractivity (Wildman–Crippen MR) is 173 cm³/mol. The standard InChI is InChI=1S/C33H36F3N3O4S2/c1-22-29(21-44-28-14-12-26(13-15-28)43-32(2,3)31(40)41)45-30(23-8-10-24(11-9-23)33(34,35)36)39(22)38-18-16-37(17-19-38)25-6-5-7-27(20-25)42-4/h5-15,20,30H,16-19,21H2,1-4H3,(H,40,41). The van der Waals surface area contributed by atoms with Crippen molar-refractivity contribution >= 4 is 35.2 Å². The molecule has 1 saturated heterocycles. The zero-order valence-corrected chi connectivity index (χ0v) is 27.1. The molecule has 0 aromatic heterocycles. The van der Waals surface area contributed by atoms with E-state index in [2.05, 4.69) is 27.9 Å². The first-order valence-electron chi connectivity index (χ1n) is 14.5. The van der Waals surface area contributed by atoms with Gasteiger partial charge in [-0.3, -0.25) is 5.01 Å². The van der Waals surface area contributed by atoms with E-state index in [4.69, 9.17) is 9.47 Å². The fourth-order valence-corrected chi connectivity index (χ4v) is 7.69. The number of aliphatic carboxylic acids is 1. The van der Waals surface area contributed by atoms with Crippen LogP contribution in [0.4, 0.5) is 18.9 Å². The van der Waals surface area contributed by atoms with E-state index in [9.17, 15) is 23.1 Å². The molecule has 0 aliphatic carbocycles. The minimum Gasteiger partial charge on any atom is -0.497 e. The summed E-state index contributed by atoms with van der Waals surface area (Å²) >= 11 is 3.31. The normalized spacial score (nSPS) is 18.0. The molecule has 1 fully saturated rings. The lowest BCUT2D eigenvalue weighted by Gasteiger charge is -2.44. The molecule has 1 atom stereocenters. The van der Waals surface area contributed by atoms with Crippen LogP contribution in [-0.2, 0) is 11.0 Å². The summed E-state index contributed by atoms with van der Waals surface area (Å²) in [5.74, 6) is 0.907. The van der Waals surface area contributed by atoms with Gasteiger partial charge in [-0.25, -0.2) is 9.80 Å². The number of alkyl halides is 3. The van der Waals surface area contributed by atoms with Crippen LogP contribution in [0.3, 0.4) is 0 Å². The summed E-state index contributed by atoms with van der Waals surface area (Å²) < 4.78 is 51.0. The molecule has 45 heavy (non-hydrogen) atoms. The van der Waals surface area contributed by atoms with Crippen LogP contribution in [0.15, 0.2) is 88.3 Å². The molecule has 0 saturated carbocycles. The van der Waals surface area contributed by atoms with Gasteiger partial charge in [-0.2, -0.15) is 13.2 Å². The molecule has 0 bridgehead atoms. The largest absolute Gasteiger partial charge is 0.497 e. The second-order valence-electron chi connectivity index (χ2n) is 11.3. The molecule has 3 aromatic rings. The number of benzene rings is 3. The number of hydrogen-bond acceptors (Lipinski definition) is 8. The van der Waals surface area contributed by atoms with Gasteiger partial charge < -0.3 is 19.5 Å². The SMILES string of the molecule is COc1cccc(N2CCN(N3C(C)=C(CSc4ccc(OC(C)(C)C(=O)O)cc4)SC3c3ccc(C(F)(F)F)cc3)CC2)c1. The Morgan fingerprint density at radius 1 is 0.978 bits per heavy atom. The second-order valence-corrected chi connectivity index (χ2v) is 13.5. The van der Waals surface area contributed by atoms with Crippen molar-refractivity contribution in [2.45, 2.75) is 42.8 Å². The number of anilines is 1. The maximum Gasteiger partial charge on any atom is 0.416 e. The molecule has 2 aliphatic rings. The van der Waals surface area contributed by atoms with Crippen molar-refractivity contribution < 1.29 is 32.5 Å². The molecule has 7 nitrogen and oxygen atoms in total. The Kier molecular flexibility index (Phi) is 9.85. The Morgan fingerprint density at radius 3 is 2.24 bits per heavy atom. The highest BCUT2D eigenvalue weighted by molar-refractivity contribution is 8.06. The van der Waals surface area contributed by atoms with Crippen LogP contribution in [-0.4, -0.2) is 65.7 Å². The van der Waals surface area contributed by atoms with Gasteiger partial charge in [0.05, 0.1) is 12.7 Å². The van der Waals surface area contributed by atoms with Crippen LogP contribution in [0.5, 0.6) is 11.5 Å². The maximum absolute atomic E-state index is 13.3. The van der Waals surface area contributed by atoms with Crippen LogP contribution in [0, 0.1) is 0 Å². The summed E-state index contributed by atoms with van der Waals surface area (Å²) in [6.45, 7) is 8.16. The number of halogens is 3. The number of carboxylic acids is 1. The third-order valence-electron chi connectivity index (χ3n) is 7.81. The van der Waals surface area contributed by atoms with E-state index in [1.165, 1.54) is 13.8 Å². The number of allylic oxidation sites excluding steroid dienone is 1. The lowest BCUT2D eigenvalue weighted by Crippen LogP contribution is -2.53. The molecular weight excluding hydrogens is 624 g/mol. The lowest BCUT2D eigenvalue weighted by atomic mass is 10.1. The predicted octanol–water partition coefficient (Wildman–Crippen LogP) is 7.76. The molecule has 0 spiro atoms. The van der Waals surface area contributed by atoms with Crippen molar-refractivity contribution in [2.24, 2.45) is 0 Å². The smallest absolute Gasteiger partial charge is 0.416 e. The van der Waals surface area contributed by atoms with Gasteiger partial charge in [-0.15, -0.1) is 11.8 Å². The van der Waals surface area contributed by atoms with Gasteiger partial charge in [-0.1, -0.05) is 30.0 Å². The number of nitrogens with zero attached hydrogens (tertiary/aromatic N) is 3. The Bertz CT molecular complexity index is 1520. The Balaban J connectivity index is 1.32. The molecule has 1 N–H and O–H groups in total. The fraction of sp³-hybridized carbons (Fsp3) is 0.364. The second kappa shape index (κ2) is 13.5. The summed E-state index contributed by atoms with van der Waals surface area (Å²) in [5.41, 5.74) is 0.983. The summed E-state index contributed by atoms with van der Waals surface area (Å²) in [6, 6.07) is 20.8. The van der Waals surface area contributed by atoms with E-state index < -0.39 is 23.3 Å². The Labute approximate surface area is 269 Å². The number of rotatable bonds is 10. The van der Waals surface area contributed by atoms with Crippen LogP contribution < -0.4 is 14.4 Å². The maximum atomic E-state index is 13.3. The van der Waals surface area contributed by atoms with Crippen LogP contribution in [0.1, 0.15) is 37.3 Å². The number of thioether (sulfide) groups is 2. The average Bonchev–Trinajstić information content (AvgIpc) is 3.36. The number of hydrogen-bond donors (Lipinski definition) is 1. The van der Waals surface area contributed by atoms with Crippen LogP contribution >= 0.6 is 23.5 Å². The fourth-order valence-electron chi connectivity index (χ4n) is 5.19. The zero-order valence-electron chi connectivity index (χ0n) is 25.5. The number of methoxy groups -OCH3 is 1. The van der Waals surface area contributed by atoms with Crippen molar-refractivity contribution in [2.75, 3.05) is 43.9 Å². The molecule has 2 heterocycles. The summed E-state index contributed by atoms with van der Waals surface area (Å²) in [5, 5.41) is 13.7. The van der Waals surface area contributed by atoms with E-state index in [1.807, 2.05) is 30.3 Å². The molecule has 2 aliphatic heterocycles. The van der Waals surface area contributed by atoms with Crippen molar-refractivity contribution in [3.63, 3.8) is 0 Å². The third-order valence-corrected chi connectivity index (χ3v) is 10.4. The molecular formula is C33H36F3N3O4S2. The topological polar surface area (TPSA) is 65.5 Å². The van der Waals surface area contributed by atoms with Crippen molar-refractivity contribution in [1.82, 2.24) is 10.0 Å². The average molecular weight is 660 g/mol. The number of ether oxygens (including phenoxy) is 2. The molecule has 1 unspecified atom stereocenters. The quantitative estimate of drug-likeness (QED) is 0.220. The molecule has 12 heteroatoms. The first-order chi connectivity index (χ1) is 21.4. The highest BCUT2D eigenvalue weighted by Gasteiger charge is 2.38. The van der Waals surface area contributed by atoms with E-state index in [-0.39, 0.29) is 5.37 Å². The highest BCUT2D eigenvalue weighted by atomic mass is 32.2. The van der Waals surface area contributed by atoms with E-state index in [0.717, 1.165) is 70.8 Å². The molecule has 3 aromatic carbocycles. The van der Waals surface area contributed by atoms with Crippen molar-refractivity contribution in [1.29, 1.82) is 0 Å². The van der Waals surface area contributed by atoms with Gasteiger partial charge in [-0.05, 0) is 74.9 Å². The Morgan fingerprint density at radius 2 is 1.64 bits per heavy atom. The minimum absolute atomic E-state index is 0.194. The lowest BCUT2D eigenvalue weighted by molar-refractivity contribution is -0.152. The van der Waals surface area contributed by atoms with Gasteiger partial charge in [0, 0.05) is 59.2 Å². The van der Waals surface area contributed by atoms with Gasteiger partial charge in [0.1, 0.15) is 16.9 Å². The molecule has 240 valence electrons. The first-order valence-corrected chi connectivity index (χ1v) is 16.3. The van der Waals surface area contributed by atoms with E-state index in [1.54, 1.807) is 54.9 Å². The summed E-state index contributed by atoms with van der Waals surface area (Å²) in [7, 11) is 1.65. The van der Waals surface area contributed by atoms with E-state index in [0.29, 0.717) is 11.5 Å². The van der Waals surface area contributed by atoms with Crippen molar-refractivity contribution in [3.05, 3.63) is 94.5 Å². The first kappa shape index (κ1) is 32.9. The number of piperazine rings is 1. The van der Waals surface area contributed by atoms with Crippen molar-refractivity contribution in [3.8, 4) is 11.5 Å². The van der Waals surface area contributed by atoms with Gasteiger partial charge in [0.15, 0.2) is 5.60 Å². The highest BCUT2D eigenvalue weighted by Crippen LogP contribution is 2.50. The van der Waals surface area contributed by atoms with Crippen LogP contribution in [0.25, 0.3) is 0 Å². The van der Waals surface area contributed by atoms with Crippen LogP contribution in [0.2, 0.25) is 0 Å². The monoisotopic (exact) mass is 659 g/mol. The molecule has 5 rings (SSSR count). The van der Waals surface area contributed by atoms with Gasteiger partial charge in [0.2, 0.25) is 0 Å².